The molecule has 6 N–H and O–H groups in total. The van der Waals surface area contributed by atoms with E-state index in [0.717, 1.165) is 4.90 Å². The molecule has 1 aromatic rings. The van der Waals surface area contributed by atoms with Gasteiger partial charge in [-0.3, -0.25) is 19.8 Å². The van der Waals surface area contributed by atoms with Crippen molar-refractivity contribution in [3.8, 4) is 0 Å². The molecular formula is C22H29F3N6O7S. The lowest BCUT2D eigenvalue weighted by Crippen LogP contribution is -2.53. The molecule has 2 aliphatic rings. The Bertz CT molecular complexity index is 1190. The van der Waals surface area contributed by atoms with Gasteiger partial charge in [-0.15, -0.1) is 0 Å². The SMILES string of the molecule is N=C(N)N1CCO[C@H](CNC(=O)C[C@H](NS(=O)(=O)c2ccc(C(F)(F)F)cc2)C(=O)N(CC(=O)O)C2CC2)C1. The normalized spacial score (nSPS) is 18.7. The Kier molecular flexibility index (Phi) is 9.39. The minimum atomic E-state index is -4.70. The number of nitrogens with zero attached hydrogens (tertiary/aromatic N) is 2. The van der Waals surface area contributed by atoms with Gasteiger partial charge in [-0.25, -0.2) is 8.42 Å². The lowest BCUT2D eigenvalue weighted by atomic mass is 10.1. The molecule has 2 amide bonds. The number of benzene rings is 1. The highest BCUT2D eigenvalue weighted by molar-refractivity contribution is 7.89. The number of guanidine groups is 1. The number of hydrogen-bond donors (Lipinski definition) is 5. The second-order valence-corrected chi connectivity index (χ2v) is 10.8. The molecule has 13 nitrogen and oxygen atoms in total. The summed E-state index contributed by atoms with van der Waals surface area (Å²) in [6, 6.07) is 0.371. The molecule has 39 heavy (non-hydrogen) atoms. The molecule has 1 aliphatic heterocycles. The number of carboxylic acid groups (broad SMARTS) is 1. The Balaban J connectivity index is 1.75. The zero-order valence-electron chi connectivity index (χ0n) is 20.6. The fourth-order valence-electron chi connectivity index (χ4n) is 3.92. The molecule has 0 aromatic heterocycles. The van der Waals surface area contributed by atoms with Crippen LogP contribution >= 0.6 is 0 Å². The number of carbonyl (C=O) groups excluding carboxylic acids is 2. The molecule has 1 saturated carbocycles. The number of amides is 2. The summed E-state index contributed by atoms with van der Waals surface area (Å²) in [4.78, 5) is 39.2. The maximum Gasteiger partial charge on any atom is 0.416 e. The van der Waals surface area contributed by atoms with Crippen LogP contribution in [-0.2, 0) is 35.3 Å². The van der Waals surface area contributed by atoms with Crippen molar-refractivity contribution < 1.29 is 45.8 Å². The molecule has 17 heteroatoms. The van der Waals surface area contributed by atoms with Crippen molar-refractivity contribution in [3.05, 3.63) is 29.8 Å². The average Bonchev–Trinajstić information content (AvgIpc) is 3.70. The van der Waals surface area contributed by atoms with Crippen LogP contribution < -0.4 is 15.8 Å². The molecule has 3 rings (SSSR count). The third-order valence-corrected chi connectivity index (χ3v) is 7.55. The highest BCUT2D eigenvalue weighted by atomic mass is 32.2. The number of sulfonamides is 1. The molecular weight excluding hydrogens is 549 g/mol. The van der Waals surface area contributed by atoms with Gasteiger partial charge in [-0.1, -0.05) is 0 Å². The number of carbonyl (C=O) groups is 3. The predicted octanol–water partition coefficient (Wildman–Crippen LogP) is -0.472. The van der Waals surface area contributed by atoms with Gasteiger partial charge in [-0.05, 0) is 37.1 Å². The fourth-order valence-corrected chi connectivity index (χ4v) is 5.11. The van der Waals surface area contributed by atoms with Gasteiger partial charge in [0.05, 0.1) is 29.6 Å². The monoisotopic (exact) mass is 578 g/mol. The van der Waals surface area contributed by atoms with E-state index in [0.29, 0.717) is 43.7 Å². The highest BCUT2D eigenvalue weighted by Gasteiger charge is 2.39. The topological polar surface area (TPSA) is 195 Å². The molecule has 0 radical (unpaired) electrons. The van der Waals surface area contributed by atoms with Crippen molar-refractivity contribution in [2.75, 3.05) is 32.8 Å². The van der Waals surface area contributed by atoms with Crippen molar-refractivity contribution in [1.82, 2.24) is 19.8 Å². The van der Waals surface area contributed by atoms with Gasteiger partial charge in [0, 0.05) is 25.7 Å². The van der Waals surface area contributed by atoms with Gasteiger partial charge >= 0.3 is 12.1 Å². The Hall–Kier alpha value is -3.44. The Morgan fingerprint density at radius 3 is 2.41 bits per heavy atom. The number of halogens is 3. The number of nitrogens with one attached hydrogen (secondary N) is 3. The van der Waals surface area contributed by atoms with Crippen molar-refractivity contribution in [1.29, 1.82) is 5.41 Å². The first kappa shape index (κ1) is 30.1. The summed E-state index contributed by atoms with van der Waals surface area (Å²) in [5.41, 5.74) is 4.39. The standard InChI is InChI=1S/C22H29F3N6O7S/c23-22(24,25)13-1-5-16(6-2-13)39(36,37)29-17(20(35)31(12-19(33)34)14-3-4-14)9-18(32)28-10-15-11-30(21(26)27)7-8-38-15/h1-2,5-6,14-15,17,29H,3-4,7-12H2,(H3,26,27)(H,28,32)(H,33,34)/t15-,17+/m1/s1. The van der Waals surface area contributed by atoms with Crippen LogP contribution in [0.1, 0.15) is 24.8 Å². The van der Waals surface area contributed by atoms with Crippen LogP contribution in [0.15, 0.2) is 29.2 Å². The number of carboxylic acids is 1. The lowest BCUT2D eigenvalue weighted by Gasteiger charge is -2.33. The van der Waals surface area contributed by atoms with E-state index in [-0.39, 0.29) is 25.7 Å². The van der Waals surface area contributed by atoms with E-state index in [9.17, 15) is 41.1 Å². The van der Waals surface area contributed by atoms with Crippen molar-refractivity contribution in [2.45, 2.75) is 48.5 Å². The Labute approximate surface area is 222 Å². The van der Waals surface area contributed by atoms with Gasteiger partial charge in [0.25, 0.3) is 0 Å². The first-order valence-corrected chi connectivity index (χ1v) is 13.3. The third kappa shape index (κ3) is 8.52. The number of morpholine rings is 1. The van der Waals surface area contributed by atoms with Crippen molar-refractivity contribution in [2.24, 2.45) is 5.73 Å². The summed E-state index contributed by atoms with van der Waals surface area (Å²) in [6.45, 7) is 0.0893. The highest BCUT2D eigenvalue weighted by Crippen LogP contribution is 2.30. The van der Waals surface area contributed by atoms with Gasteiger partial charge in [-0.2, -0.15) is 17.9 Å². The Morgan fingerprint density at radius 1 is 1.23 bits per heavy atom. The summed E-state index contributed by atoms with van der Waals surface area (Å²) in [5, 5.41) is 19.3. The van der Waals surface area contributed by atoms with Crippen LogP contribution in [0.25, 0.3) is 0 Å². The van der Waals surface area contributed by atoms with Crippen LogP contribution in [0.3, 0.4) is 0 Å². The average molecular weight is 579 g/mol. The molecule has 0 unspecified atom stereocenters. The minimum absolute atomic E-state index is 0.0450. The van der Waals surface area contributed by atoms with Crippen LogP contribution in [0.2, 0.25) is 0 Å². The second-order valence-electron chi connectivity index (χ2n) is 9.12. The zero-order chi connectivity index (χ0) is 29.0. The van der Waals surface area contributed by atoms with E-state index in [1.807, 2.05) is 0 Å². The van der Waals surface area contributed by atoms with Crippen molar-refractivity contribution in [3.63, 3.8) is 0 Å². The minimum Gasteiger partial charge on any atom is -0.480 e. The second kappa shape index (κ2) is 12.2. The quantitative estimate of drug-likeness (QED) is 0.170. The number of nitrogens with two attached hydrogens (primary N) is 1. The molecule has 0 bridgehead atoms. The van der Waals surface area contributed by atoms with E-state index in [1.165, 1.54) is 4.90 Å². The number of rotatable bonds is 11. The van der Waals surface area contributed by atoms with E-state index in [2.05, 4.69) is 10.0 Å². The first-order chi connectivity index (χ1) is 18.2. The van der Waals surface area contributed by atoms with E-state index < -0.39 is 75.6 Å². The van der Waals surface area contributed by atoms with Gasteiger partial charge < -0.3 is 30.7 Å². The number of aliphatic carboxylic acids is 1. The molecule has 216 valence electrons. The van der Waals surface area contributed by atoms with Crippen molar-refractivity contribution >= 4 is 33.8 Å². The maximum atomic E-state index is 13.3. The van der Waals surface area contributed by atoms with Gasteiger partial charge in [0.1, 0.15) is 12.6 Å². The molecule has 1 aromatic carbocycles. The largest absolute Gasteiger partial charge is 0.480 e. The fraction of sp³-hybridized carbons (Fsp3) is 0.545. The smallest absolute Gasteiger partial charge is 0.416 e. The summed E-state index contributed by atoms with van der Waals surface area (Å²) in [7, 11) is -4.59. The zero-order valence-corrected chi connectivity index (χ0v) is 21.4. The number of alkyl halides is 3. The molecule has 1 saturated heterocycles. The molecule has 1 heterocycles. The number of hydrogen-bond acceptors (Lipinski definition) is 7. The van der Waals surface area contributed by atoms with Crippen LogP contribution in [-0.4, -0.2) is 98.0 Å². The maximum absolute atomic E-state index is 13.3. The lowest BCUT2D eigenvalue weighted by molar-refractivity contribution is -0.146. The number of ether oxygens (including phenoxy) is 1. The summed E-state index contributed by atoms with van der Waals surface area (Å²) in [5.74, 6) is -3.23. The molecule has 1 aliphatic carbocycles. The predicted molar refractivity (Wildman–Crippen MR) is 129 cm³/mol. The summed E-state index contributed by atoms with van der Waals surface area (Å²) in [6.07, 6.45) is -4.97. The van der Waals surface area contributed by atoms with Crippen LogP contribution in [0.5, 0.6) is 0 Å². The molecule has 2 fully saturated rings. The molecule has 0 spiro atoms. The summed E-state index contributed by atoms with van der Waals surface area (Å²) < 4.78 is 72.1. The van der Waals surface area contributed by atoms with Crippen LogP contribution in [0, 0.1) is 5.41 Å². The Morgan fingerprint density at radius 2 is 1.87 bits per heavy atom. The first-order valence-electron chi connectivity index (χ1n) is 11.9. The van der Waals surface area contributed by atoms with E-state index in [4.69, 9.17) is 15.9 Å². The third-order valence-electron chi connectivity index (χ3n) is 6.06. The summed E-state index contributed by atoms with van der Waals surface area (Å²) >= 11 is 0. The van der Waals surface area contributed by atoms with Crippen LogP contribution in [0.4, 0.5) is 13.2 Å². The van der Waals surface area contributed by atoms with Gasteiger partial charge in [0.15, 0.2) is 5.96 Å². The van der Waals surface area contributed by atoms with E-state index in [1.54, 1.807) is 0 Å². The van der Waals surface area contributed by atoms with E-state index >= 15 is 0 Å². The molecule has 2 atom stereocenters. The van der Waals surface area contributed by atoms with Gasteiger partial charge in [0.2, 0.25) is 21.8 Å².